The average molecular weight is 324 g/mol. The maximum atomic E-state index is 9.43. The summed E-state index contributed by atoms with van der Waals surface area (Å²) in [5, 5.41) is 9.43. The van der Waals surface area contributed by atoms with Gasteiger partial charge in [-0.25, -0.2) is 4.98 Å². The lowest BCUT2D eigenvalue weighted by Gasteiger charge is -2.09. The number of aliphatic hydroxyl groups is 1. The summed E-state index contributed by atoms with van der Waals surface area (Å²) >= 11 is 1.68. The van der Waals surface area contributed by atoms with Crippen LogP contribution in [0.1, 0.15) is 18.2 Å². The zero-order valence-electron chi connectivity index (χ0n) is 12.7. The Hall–Kier alpha value is -2.37. The number of para-hydroxylation sites is 1. The number of nitrogens with zero attached hydrogens (tertiary/aromatic N) is 2. The first-order valence-corrected chi connectivity index (χ1v) is 8.37. The van der Waals surface area contributed by atoms with Crippen molar-refractivity contribution in [1.82, 2.24) is 9.38 Å². The van der Waals surface area contributed by atoms with Gasteiger partial charge in [0, 0.05) is 17.3 Å². The van der Waals surface area contributed by atoms with Crippen LogP contribution in [0, 0.1) is 0 Å². The van der Waals surface area contributed by atoms with Crippen LogP contribution in [0.3, 0.4) is 0 Å². The molecule has 0 fully saturated rings. The van der Waals surface area contributed by atoms with E-state index in [0.29, 0.717) is 5.75 Å². The van der Waals surface area contributed by atoms with E-state index in [1.165, 1.54) is 10.4 Å². The third-order valence-electron chi connectivity index (χ3n) is 3.91. The van der Waals surface area contributed by atoms with Crippen molar-refractivity contribution in [3.63, 3.8) is 0 Å². The number of hydrogen-bond acceptors (Lipinski definition) is 4. The van der Waals surface area contributed by atoms with Crippen molar-refractivity contribution in [1.29, 1.82) is 0 Å². The molecule has 0 bridgehead atoms. The molecule has 0 saturated carbocycles. The Morgan fingerprint density at radius 3 is 2.91 bits per heavy atom. The van der Waals surface area contributed by atoms with Crippen molar-refractivity contribution >= 4 is 26.5 Å². The standard InChI is InChI=1S/C18H16N2O2S/c1-2-13-10-19-18-20(13)15-9-14(7-8-17(15)23-18)22-16-6-4-3-5-12(16)11-21/h3-10,21H,2,11H2,1H3. The van der Waals surface area contributed by atoms with E-state index in [2.05, 4.69) is 22.4 Å². The predicted molar refractivity (Wildman–Crippen MR) is 92.4 cm³/mol. The van der Waals surface area contributed by atoms with Crippen LogP contribution < -0.4 is 4.74 Å². The minimum Gasteiger partial charge on any atom is -0.457 e. The fourth-order valence-electron chi connectivity index (χ4n) is 2.73. The Labute approximate surface area is 137 Å². The smallest absolute Gasteiger partial charge is 0.194 e. The molecule has 0 unspecified atom stereocenters. The molecule has 0 amide bonds. The van der Waals surface area contributed by atoms with Crippen molar-refractivity contribution < 1.29 is 9.84 Å². The maximum absolute atomic E-state index is 9.43. The molecule has 0 saturated heterocycles. The largest absolute Gasteiger partial charge is 0.457 e. The van der Waals surface area contributed by atoms with Gasteiger partial charge in [-0.1, -0.05) is 36.5 Å². The van der Waals surface area contributed by atoms with Gasteiger partial charge in [0.15, 0.2) is 4.96 Å². The van der Waals surface area contributed by atoms with Crippen LogP contribution in [0.15, 0.2) is 48.7 Å². The minimum atomic E-state index is -0.0391. The second-order valence-corrected chi connectivity index (χ2v) is 6.33. The van der Waals surface area contributed by atoms with E-state index in [-0.39, 0.29) is 6.61 Å². The predicted octanol–water partition coefficient (Wildman–Crippen LogP) is 4.40. The van der Waals surface area contributed by atoms with Gasteiger partial charge in [0.2, 0.25) is 0 Å². The number of fused-ring (bicyclic) bond motifs is 3. The van der Waals surface area contributed by atoms with E-state index in [1.54, 1.807) is 11.3 Å². The molecule has 116 valence electrons. The first kappa shape index (κ1) is 14.2. The van der Waals surface area contributed by atoms with Crippen molar-refractivity contribution in [2.24, 2.45) is 0 Å². The Kier molecular flexibility index (Phi) is 3.52. The normalized spacial score (nSPS) is 11.4. The van der Waals surface area contributed by atoms with E-state index in [0.717, 1.165) is 28.2 Å². The third kappa shape index (κ3) is 2.38. The van der Waals surface area contributed by atoms with Gasteiger partial charge in [-0.3, -0.25) is 4.40 Å². The lowest BCUT2D eigenvalue weighted by Crippen LogP contribution is -1.92. The van der Waals surface area contributed by atoms with Crippen molar-refractivity contribution in [2.75, 3.05) is 0 Å². The summed E-state index contributed by atoms with van der Waals surface area (Å²) < 4.78 is 9.36. The molecule has 2 heterocycles. The average Bonchev–Trinajstić information content (AvgIpc) is 3.14. The molecule has 4 aromatic rings. The number of aryl methyl sites for hydroxylation is 1. The molecule has 0 aliphatic carbocycles. The highest BCUT2D eigenvalue weighted by Gasteiger charge is 2.11. The summed E-state index contributed by atoms with van der Waals surface area (Å²) in [5.74, 6) is 1.44. The number of aromatic nitrogens is 2. The highest BCUT2D eigenvalue weighted by Crippen LogP contribution is 2.32. The maximum Gasteiger partial charge on any atom is 0.194 e. The third-order valence-corrected chi connectivity index (χ3v) is 4.94. The quantitative estimate of drug-likeness (QED) is 0.605. The van der Waals surface area contributed by atoms with Crippen molar-refractivity contribution in [3.8, 4) is 11.5 Å². The fourth-order valence-corrected chi connectivity index (χ4v) is 3.73. The number of rotatable bonds is 4. The molecule has 0 atom stereocenters. The fraction of sp³-hybridized carbons (Fsp3) is 0.167. The molecular weight excluding hydrogens is 308 g/mol. The summed E-state index contributed by atoms with van der Waals surface area (Å²) in [4.78, 5) is 5.48. The highest BCUT2D eigenvalue weighted by molar-refractivity contribution is 7.23. The van der Waals surface area contributed by atoms with E-state index < -0.39 is 0 Å². The van der Waals surface area contributed by atoms with Crippen LogP contribution in [-0.4, -0.2) is 14.5 Å². The highest BCUT2D eigenvalue weighted by atomic mass is 32.1. The molecule has 0 spiro atoms. The number of hydrogen-bond donors (Lipinski definition) is 1. The van der Waals surface area contributed by atoms with Gasteiger partial charge >= 0.3 is 0 Å². The van der Waals surface area contributed by atoms with E-state index in [4.69, 9.17) is 4.74 Å². The van der Waals surface area contributed by atoms with Crippen LogP contribution in [0.4, 0.5) is 0 Å². The van der Waals surface area contributed by atoms with Gasteiger partial charge in [0.05, 0.1) is 23.0 Å². The Balaban J connectivity index is 1.81. The second-order valence-electron chi connectivity index (χ2n) is 5.32. The second kappa shape index (κ2) is 5.68. The zero-order valence-corrected chi connectivity index (χ0v) is 13.5. The molecule has 1 N–H and O–H groups in total. The van der Waals surface area contributed by atoms with Crippen LogP contribution >= 0.6 is 11.3 Å². The van der Waals surface area contributed by atoms with Gasteiger partial charge in [0.1, 0.15) is 11.5 Å². The summed E-state index contributed by atoms with van der Waals surface area (Å²) in [6.07, 6.45) is 2.87. The van der Waals surface area contributed by atoms with Crippen LogP contribution in [0.5, 0.6) is 11.5 Å². The Bertz CT molecular complexity index is 987. The van der Waals surface area contributed by atoms with Crippen molar-refractivity contribution in [2.45, 2.75) is 20.0 Å². The van der Waals surface area contributed by atoms with Gasteiger partial charge in [-0.05, 0) is 24.6 Å². The van der Waals surface area contributed by atoms with Gasteiger partial charge in [0.25, 0.3) is 0 Å². The lowest BCUT2D eigenvalue weighted by molar-refractivity contribution is 0.276. The molecule has 5 heteroatoms. The van der Waals surface area contributed by atoms with E-state index >= 15 is 0 Å². The molecule has 2 aromatic carbocycles. The summed E-state index contributed by atoms with van der Waals surface area (Å²) in [5.41, 5.74) is 3.08. The number of thiazole rings is 1. The molecular formula is C18H16N2O2S. The number of aliphatic hydroxyl groups excluding tert-OH is 1. The first-order valence-electron chi connectivity index (χ1n) is 7.55. The molecule has 0 aliphatic rings. The number of benzene rings is 2. The van der Waals surface area contributed by atoms with Gasteiger partial charge < -0.3 is 9.84 Å². The summed E-state index contributed by atoms with van der Waals surface area (Å²) in [7, 11) is 0. The molecule has 2 aromatic heterocycles. The minimum absolute atomic E-state index is 0.0391. The van der Waals surface area contributed by atoms with Gasteiger partial charge in [-0.15, -0.1) is 0 Å². The molecule has 4 nitrogen and oxygen atoms in total. The van der Waals surface area contributed by atoms with E-state index in [1.807, 2.05) is 42.6 Å². The van der Waals surface area contributed by atoms with Crippen LogP contribution in [0.25, 0.3) is 15.2 Å². The Morgan fingerprint density at radius 2 is 2.09 bits per heavy atom. The summed E-state index contributed by atoms with van der Waals surface area (Å²) in [6.45, 7) is 2.09. The first-order chi connectivity index (χ1) is 11.3. The number of ether oxygens (including phenoxy) is 1. The van der Waals surface area contributed by atoms with Crippen molar-refractivity contribution in [3.05, 3.63) is 59.9 Å². The SMILES string of the molecule is CCc1cnc2sc3ccc(Oc4ccccc4CO)cc3n12. The monoisotopic (exact) mass is 324 g/mol. The summed E-state index contributed by atoms with van der Waals surface area (Å²) in [6, 6.07) is 13.6. The Morgan fingerprint density at radius 1 is 1.22 bits per heavy atom. The number of imidazole rings is 1. The van der Waals surface area contributed by atoms with Gasteiger partial charge in [-0.2, -0.15) is 0 Å². The zero-order chi connectivity index (χ0) is 15.8. The molecule has 23 heavy (non-hydrogen) atoms. The topological polar surface area (TPSA) is 46.8 Å². The molecule has 0 aliphatic heterocycles. The molecule has 0 radical (unpaired) electrons. The van der Waals surface area contributed by atoms with Crippen LogP contribution in [-0.2, 0) is 13.0 Å². The van der Waals surface area contributed by atoms with Crippen LogP contribution in [0.2, 0.25) is 0 Å². The van der Waals surface area contributed by atoms with E-state index in [9.17, 15) is 5.11 Å². The lowest BCUT2D eigenvalue weighted by atomic mass is 10.2. The molecule has 4 rings (SSSR count).